The number of methoxy groups -OCH3 is 1. The number of phenolic OH excluding ortho intramolecular Hbond substituents is 1. The van der Waals surface area contributed by atoms with Gasteiger partial charge in [-0.3, -0.25) is 9.59 Å². The molecular weight excluding hydrogens is 324 g/mol. The first-order valence-electron chi connectivity index (χ1n) is 7.51. The number of Topliss-reactive ketones (excluding diaryl/α,β-unsaturated/α-hetero) is 2. The number of hydrogen-bond donors (Lipinski definition) is 1. The predicted octanol–water partition coefficient (Wildman–Crippen LogP) is 2.86. The number of rotatable bonds is 1. The summed E-state index contributed by atoms with van der Waals surface area (Å²) in [7, 11) is 1.42. The van der Waals surface area contributed by atoms with Crippen molar-refractivity contribution in [3.8, 4) is 22.8 Å². The van der Waals surface area contributed by atoms with E-state index in [2.05, 4.69) is 0 Å². The molecular formula is C19H12O6. The van der Waals surface area contributed by atoms with Crippen LogP contribution >= 0.6 is 0 Å². The average molecular weight is 336 g/mol. The van der Waals surface area contributed by atoms with Crippen molar-refractivity contribution in [3.05, 3.63) is 57.4 Å². The maximum Gasteiger partial charge on any atom is 0.344 e. The molecule has 25 heavy (non-hydrogen) atoms. The molecule has 6 nitrogen and oxygen atoms in total. The highest BCUT2D eigenvalue weighted by molar-refractivity contribution is 6.55. The van der Waals surface area contributed by atoms with Gasteiger partial charge in [-0.25, -0.2) is 4.79 Å². The fourth-order valence-corrected chi connectivity index (χ4v) is 3.25. The lowest BCUT2D eigenvalue weighted by molar-refractivity contribution is 0.0812. The second-order valence-electron chi connectivity index (χ2n) is 5.84. The number of ketones is 2. The van der Waals surface area contributed by atoms with Crippen molar-refractivity contribution < 1.29 is 23.8 Å². The number of phenols is 1. The first kappa shape index (κ1) is 15.1. The molecule has 3 aromatic rings. The molecule has 1 aromatic heterocycles. The first-order valence-corrected chi connectivity index (χ1v) is 7.51. The van der Waals surface area contributed by atoms with Gasteiger partial charge in [-0.1, -0.05) is 12.1 Å². The second kappa shape index (κ2) is 5.04. The number of fused-ring (bicyclic) bond motifs is 5. The average Bonchev–Trinajstić information content (AvgIpc) is 2.59. The maximum atomic E-state index is 12.7. The van der Waals surface area contributed by atoms with Crippen molar-refractivity contribution in [3.63, 3.8) is 0 Å². The Morgan fingerprint density at radius 3 is 2.48 bits per heavy atom. The van der Waals surface area contributed by atoms with E-state index in [-0.39, 0.29) is 39.0 Å². The summed E-state index contributed by atoms with van der Waals surface area (Å²) < 4.78 is 10.7. The Morgan fingerprint density at radius 2 is 1.76 bits per heavy atom. The number of benzene rings is 2. The van der Waals surface area contributed by atoms with Crippen LogP contribution in [0, 0.1) is 6.92 Å². The highest BCUT2D eigenvalue weighted by atomic mass is 16.5. The standard InChI is InChI=1S/C19H12O6/c1-8-6-10-14(12(7-8)24-2)15-17(22)16(21)13-9(4-3-5-11(13)20)18(15)25-19(10)23/h3-7,20H,1-2H3. The molecule has 0 amide bonds. The molecule has 0 spiro atoms. The summed E-state index contributed by atoms with van der Waals surface area (Å²) >= 11 is 0. The van der Waals surface area contributed by atoms with E-state index < -0.39 is 17.2 Å². The van der Waals surface area contributed by atoms with E-state index >= 15 is 0 Å². The zero-order valence-electron chi connectivity index (χ0n) is 13.4. The van der Waals surface area contributed by atoms with Gasteiger partial charge < -0.3 is 14.3 Å². The molecule has 2 aromatic carbocycles. The van der Waals surface area contributed by atoms with Crippen LogP contribution in [-0.4, -0.2) is 23.8 Å². The van der Waals surface area contributed by atoms with Crippen LogP contribution in [0.4, 0.5) is 0 Å². The summed E-state index contributed by atoms with van der Waals surface area (Å²) in [5.41, 5.74) is 0.140. The molecule has 0 atom stereocenters. The largest absolute Gasteiger partial charge is 0.507 e. The number of ether oxygens (including phenoxy) is 1. The minimum atomic E-state index is -0.849. The summed E-state index contributed by atoms with van der Waals surface area (Å²) in [5.74, 6) is -1.75. The Bertz CT molecular complexity index is 1150. The first-order chi connectivity index (χ1) is 11.9. The van der Waals surface area contributed by atoms with Crippen LogP contribution in [0.1, 0.15) is 26.3 Å². The lowest BCUT2D eigenvalue weighted by Gasteiger charge is -2.19. The zero-order valence-corrected chi connectivity index (χ0v) is 13.4. The van der Waals surface area contributed by atoms with Gasteiger partial charge in [0.2, 0.25) is 11.6 Å². The van der Waals surface area contributed by atoms with Gasteiger partial charge in [-0.15, -0.1) is 0 Å². The minimum absolute atomic E-state index is 0.0189. The Balaban J connectivity index is 2.27. The molecule has 1 aliphatic rings. The highest BCUT2D eigenvalue weighted by Gasteiger charge is 2.37. The van der Waals surface area contributed by atoms with Crippen LogP contribution in [0.25, 0.3) is 22.1 Å². The normalized spacial score (nSPS) is 12.9. The summed E-state index contributed by atoms with van der Waals surface area (Å²) in [4.78, 5) is 37.7. The highest BCUT2D eigenvalue weighted by Crippen LogP contribution is 2.41. The Labute approximate surface area is 141 Å². The molecule has 0 saturated heterocycles. The van der Waals surface area contributed by atoms with Gasteiger partial charge in [0, 0.05) is 10.9 Å². The second-order valence-corrected chi connectivity index (χ2v) is 5.84. The molecule has 1 N–H and O–H groups in total. The summed E-state index contributed by atoms with van der Waals surface area (Å²) in [6.45, 7) is 1.78. The molecule has 4 rings (SSSR count). The maximum absolute atomic E-state index is 12.7. The molecule has 0 aliphatic heterocycles. The molecule has 0 fully saturated rings. The van der Waals surface area contributed by atoms with E-state index in [1.165, 1.54) is 25.3 Å². The van der Waals surface area contributed by atoms with Gasteiger partial charge >= 0.3 is 5.63 Å². The van der Waals surface area contributed by atoms with E-state index in [1.54, 1.807) is 19.1 Å². The van der Waals surface area contributed by atoms with Crippen LogP contribution in [0.5, 0.6) is 11.5 Å². The molecule has 0 radical (unpaired) electrons. The monoisotopic (exact) mass is 336 g/mol. The van der Waals surface area contributed by atoms with E-state index in [1.807, 2.05) is 0 Å². The molecule has 0 bridgehead atoms. The summed E-state index contributed by atoms with van der Waals surface area (Å²) in [6, 6.07) is 7.60. The van der Waals surface area contributed by atoms with Crippen molar-refractivity contribution >= 4 is 22.3 Å². The van der Waals surface area contributed by atoms with Crippen molar-refractivity contribution in [2.45, 2.75) is 6.92 Å². The van der Waals surface area contributed by atoms with Gasteiger partial charge in [0.25, 0.3) is 0 Å². The Hall–Kier alpha value is -3.41. The summed E-state index contributed by atoms with van der Waals surface area (Å²) in [5, 5.41) is 10.4. The third kappa shape index (κ3) is 1.94. The number of carbonyl (C=O) groups is 2. The van der Waals surface area contributed by atoms with Crippen LogP contribution in [0.2, 0.25) is 0 Å². The van der Waals surface area contributed by atoms with Crippen molar-refractivity contribution in [1.29, 1.82) is 0 Å². The number of carbonyl (C=O) groups excluding carboxylic acids is 2. The number of hydrogen-bond acceptors (Lipinski definition) is 6. The van der Waals surface area contributed by atoms with Crippen molar-refractivity contribution in [2.75, 3.05) is 7.11 Å². The minimum Gasteiger partial charge on any atom is -0.507 e. The third-order valence-corrected chi connectivity index (χ3v) is 4.31. The van der Waals surface area contributed by atoms with Crippen molar-refractivity contribution in [1.82, 2.24) is 0 Å². The van der Waals surface area contributed by atoms with Crippen molar-refractivity contribution in [2.24, 2.45) is 0 Å². The lowest BCUT2D eigenvalue weighted by Crippen LogP contribution is -2.23. The zero-order chi connectivity index (χ0) is 17.9. The smallest absolute Gasteiger partial charge is 0.344 e. The SMILES string of the molecule is COc1cc(C)cc2c(=O)oc3c(c12)C(=O)C(=O)c1c(O)cccc1-3. The van der Waals surface area contributed by atoms with Crippen LogP contribution in [-0.2, 0) is 0 Å². The Morgan fingerprint density at radius 1 is 1.04 bits per heavy atom. The topological polar surface area (TPSA) is 93.8 Å². The number of aromatic hydroxyl groups is 1. The number of aryl methyl sites for hydroxylation is 1. The molecule has 0 saturated carbocycles. The van der Waals surface area contributed by atoms with Gasteiger partial charge in [-0.05, 0) is 30.7 Å². The van der Waals surface area contributed by atoms with E-state index in [9.17, 15) is 19.5 Å². The fourth-order valence-electron chi connectivity index (χ4n) is 3.25. The molecule has 0 unspecified atom stereocenters. The van der Waals surface area contributed by atoms with Gasteiger partial charge in [0.05, 0.1) is 23.6 Å². The van der Waals surface area contributed by atoms with Gasteiger partial charge in [0.1, 0.15) is 11.5 Å². The molecule has 1 heterocycles. The third-order valence-electron chi connectivity index (χ3n) is 4.31. The predicted molar refractivity (Wildman–Crippen MR) is 89.5 cm³/mol. The van der Waals surface area contributed by atoms with Gasteiger partial charge in [-0.2, -0.15) is 0 Å². The quantitative estimate of drug-likeness (QED) is 0.687. The van der Waals surface area contributed by atoms with Gasteiger partial charge in [0.15, 0.2) is 5.76 Å². The van der Waals surface area contributed by atoms with Crippen LogP contribution < -0.4 is 10.4 Å². The van der Waals surface area contributed by atoms with E-state index in [4.69, 9.17) is 9.15 Å². The lowest BCUT2D eigenvalue weighted by atomic mass is 9.85. The Kier molecular flexibility index (Phi) is 3.05. The summed E-state index contributed by atoms with van der Waals surface area (Å²) in [6.07, 6.45) is 0. The van der Waals surface area contributed by atoms with Crippen LogP contribution in [0.15, 0.2) is 39.5 Å². The van der Waals surface area contributed by atoms with Crippen LogP contribution in [0.3, 0.4) is 0 Å². The molecule has 124 valence electrons. The fraction of sp³-hybridized carbons (Fsp3) is 0.105. The molecule has 1 aliphatic carbocycles. The van der Waals surface area contributed by atoms with E-state index in [0.717, 1.165) is 5.56 Å². The molecule has 6 heteroatoms. The van der Waals surface area contributed by atoms with E-state index in [0.29, 0.717) is 5.75 Å².